The minimum Gasteiger partial charge on any atom is -0.493 e. The van der Waals surface area contributed by atoms with Crippen molar-refractivity contribution in [3.63, 3.8) is 0 Å². The Kier molecular flexibility index (Phi) is 6.58. The van der Waals surface area contributed by atoms with Gasteiger partial charge in [-0.15, -0.1) is 0 Å². The van der Waals surface area contributed by atoms with Crippen LogP contribution < -0.4 is 24.4 Å². The predicted octanol–water partition coefficient (Wildman–Crippen LogP) is 4.71. The van der Waals surface area contributed by atoms with Gasteiger partial charge < -0.3 is 19.4 Å². The molecule has 0 radical (unpaired) electrons. The van der Waals surface area contributed by atoms with Gasteiger partial charge in [0.15, 0.2) is 17.4 Å². The highest BCUT2D eigenvalue weighted by atomic mass is 32.2. The maximum Gasteiger partial charge on any atom is 0.184 e. The van der Waals surface area contributed by atoms with E-state index >= 15 is 0 Å². The molecule has 0 spiro atoms. The molecular weight excluding hydrogens is 504 g/mol. The standard InChI is InChI=1S/C26H26N8O3S/c1-16-10-17(4-7-22(16)37-18-5-6-21-19(11-18)30-14-33(21)2)31-25-24-20(28-13-29-25)12-23(35-3)26(32-24)34-9-8-27-15-36-38-34/h4-7,10-14,27H,8-9,15H2,1-3H3,(H,28,29,31). The second-order valence-electron chi connectivity index (χ2n) is 8.76. The zero-order valence-corrected chi connectivity index (χ0v) is 22.0. The third kappa shape index (κ3) is 4.76. The molecule has 5 aromatic rings. The molecule has 0 saturated carbocycles. The molecule has 2 aromatic carbocycles. The van der Waals surface area contributed by atoms with Crippen LogP contribution in [0.1, 0.15) is 5.56 Å². The van der Waals surface area contributed by atoms with Crippen molar-refractivity contribution in [2.75, 3.05) is 36.6 Å². The summed E-state index contributed by atoms with van der Waals surface area (Å²) in [5.41, 5.74) is 5.06. The van der Waals surface area contributed by atoms with Gasteiger partial charge in [0.25, 0.3) is 0 Å². The van der Waals surface area contributed by atoms with Gasteiger partial charge in [0.05, 0.1) is 30.0 Å². The minimum absolute atomic E-state index is 0.462. The summed E-state index contributed by atoms with van der Waals surface area (Å²) in [5.74, 6) is 3.34. The van der Waals surface area contributed by atoms with Crippen molar-refractivity contribution in [1.82, 2.24) is 29.8 Å². The number of anilines is 3. The Balaban J connectivity index is 1.28. The van der Waals surface area contributed by atoms with E-state index in [1.165, 1.54) is 18.6 Å². The summed E-state index contributed by atoms with van der Waals surface area (Å²) < 4.78 is 21.3. The molecule has 6 rings (SSSR count). The number of ether oxygens (including phenoxy) is 2. The molecule has 12 heteroatoms. The third-order valence-corrected chi connectivity index (χ3v) is 6.93. The smallest absolute Gasteiger partial charge is 0.184 e. The Hall–Kier alpha value is -4.13. The highest BCUT2D eigenvalue weighted by molar-refractivity contribution is 7.96. The van der Waals surface area contributed by atoms with Gasteiger partial charge in [-0.3, -0.25) is 13.8 Å². The summed E-state index contributed by atoms with van der Waals surface area (Å²) in [6.45, 7) is 3.92. The van der Waals surface area contributed by atoms with Crippen LogP contribution in [0, 0.1) is 6.92 Å². The molecule has 1 aliphatic rings. The lowest BCUT2D eigenvalue weighted by Crippen LogP contribution is -2.24. The Morgan fingerprint density at radius 2 is 1.97 bits per heavy atom. The summed E-state index contributed by atoms with van der Waals surface area (Å²) in [6.07, 6.45) is 3.31. The fourth-order valence-electron chi connectivity index (χ4n) is 4.23. The molecule has 11 nitrogen and oxygen atoms in total. The molecule has 38 heavy (non-hydrogen) atoms. The summed E-state index contributed by atoms with van der Waals surface area (Å²) in [5, 5.41) is 6.59. The average Bonchev–Trinajstić information content (AvgIpc) is 3.11. The van der Waals surface area contributed by atoms with Crippen molar-refractivity contribution < 1.29 is 13.7 Å². The van der Waals surface area contributed by atoms with Crippen LogP contribution >= 0.6 is 12.2 Å². The topological polar surface area (TPSA) is 111 Å². The quantitative estimate of drug-likeness (QED) is 0.235. The van der Waals surface area contributed by atoms with E-state index in [9.17, 15) is 0 Å². The number of hydrogen-bond acceptors (Lipinski definition) is 11. The maximum absolute atomic E-state index is 6.17. The zero-order chi connectivity index (χ0) is 26.1. The molecule has 0 amide bonds. The van der Waals surface area contributed by atoms with Crippen LogP contribution in [0.5, 0.6) is 17.2 Å². The van der Waals surface area contributed by atoms with E-state index in [1.807, 2.05) is 65.3 Å². The van der Waals surface area contributed by atoms with E-state index in [0.29, 0.717) is 41.7 Å². The highest BCUT2D eigenvalue weighted by Crippen LogP contribution is 2.36. The number of hydrogen-bond donors (Lipinski definition) is 2. The molecular formula is C26H26N8O3S. The van der Waals surface area contributed by atoms with Crippen molar-refractivity contribution in [1.29, 1.82) is 0 Å². The van der Waals surface area contributed by atoms with Crippen LogP contribution in [-0.2, 0) is 11.2 Å². The molecule has 0 aliphatic carbocycles. The first kappa shape index (κ1) is 24.2. The van der Waals surface area contributed by atoms with Gasteiger partial charge in [-0.25, -0.2) is 19.9 Å². The minimum atomic E-state index is 0.462. The van der Waals surface area contributed by atoms with E-state index in [2.05, 4.69) is 25.6 Å². The Morgan fingerprint density at radius 1 is 1.05 bits per heavy atom. The summed E-state index contributed by atoms with van der Waals surface area (Å²) in [7, 11) is 3.59. The first-order valence-corrected chi connectivity index (χ1v) is 12.7. The summed E-state index contributed by atoms with van der Waals surface area (Å²) >= 11 is 1.24. The van der Waals surface area contributed by atoms with Crippen molar-refractivity contribution in [2.24, 2.45) is 7.05 Å². The van der Waals surface area contributed by atoms with Crippen LogP contribution in [0.4, 0.5) is 17.3 Å². The second kappa shape index (κ2) is 10.3. The van der Waals surface area contributed by atoms with Gasteiger partial charge in [0, 0.05) is 38.0 Å². The Morgan fingerprint density at radius 3 is 2.84 bits per heavy atom. The molecule has 194 valence electrons. The lowest BCUT2D eigenvalue weighted by Gasteiger charge is -2.21. The maximum atomic E-state index is 6.17. The monoisotopic (exact) mass is 530 g/mol. The summed E-state index contributed by atoms with van der Waals surface area (Å²) in [4.78, 5) is 18.2. The normalized spacial score (nSPS) is 14.0. The highest BCUT2D eigenvalue weighted by Gasteiger charge is 2.20. The number of nitrogens with zero attached hydrogens (tertiary/aromatic N) is 6. The second-order valence-corrected chi connectivity index (χ2v) is 9.58. The van der Waals surface area contributed by atoms with Crippen LogP contribution in [-0.4, -0.2) is 51.4 Å². The Bertz CT molecular complexity index is 1620. The summed E-state index contributed by atoms with van der Waals surface area (Å²) in [6, 6.07) is 13.7. The van der Waals surface area contributed by atoms with E-state index < -0.39 is 0 Å². The van der Waals surface area contributed by atoms with Crippen molar-refractivity contribution in [3.8, 4) is 17.2 Å². The Labute approximate surface area is 223 Å². The van der Waals surface area contributed by atoms with Crippen LogP contribution in [0.15, 0.2) is 55.1 Å². The van der Waals surface area contributed by atoms with Crippen molar-refractivity contribution >= 4 is 51.6 Å². The fourth-order valence-corrected chi connectivity index (χ4v) is 4.86. The lowest BCUT2D eigenvalue weighted by molar-refractivity contribution is 0.343. The number of imidazole rings is 1. The first-order chi connectivity index (χ1) is 18.6. The molecule has 3 aromatic heterocycles. The molecule has 1 fully saturated rings. The molecule has 2 N–H and O–H groups in total. The van der Waals surface area contributed by atoms with Gasteiger partial charge in [-0.1, -0.05) is 0 Å². The van der Waals surface area contributed by atoms with Crippen LogP contribution in [0.25, 0.3) is 22.1 Å². The first-order valence-electron chi connectivity index (χ1n) is 12.0. The predicted molar refractivity (Wildman–Crippen MR) is 148 cm³/mol. The van der Waals surface area contributed by atoms with E-state index in [0.717, 1.165) is 40.3 Å². The number of nitrogens with one attached hydrogen (secondary N) is 2. The van der Waals surface area contributed by atoms with Crippen molar-refractivity contribution in [2.45, 2.75) is 6.92 Å². The van der Waals surface area contributed by atoms with E-state index in [1.54, 1.807) is 13.4 Å². The number of pyridine rings is 1. The average molecular weight is 531 g/mol. The molecule has 4 heterocycles. The molecule has 0 bridgehead atoms. The molecule has 1 saturated heterocycles. The number of rotatable bonds is 6. The van der Waals surface area contributed by atoms with E-state index in [4.69, 9.17) is 18.6 Å². The molecule has 0 atom stereocenters. The number of aryl methyl sites for hydroxylation is 2. The van der Waals surface area contributed by atoms with E-state index in [-0.39, 0.29) is 0 Å². The molecule has 1 aliphatic heterocycles. The number of aromatic nitrogens is 5. The van der Waals surface area contributed by atoms with Gasteiger partial charge in [0.2, 0.25) is 0 Å². The number of benzene rings is 2. The number of fused-ring (bicyclic) bond motifs is 2. The third-order valence-electron chi connectivity index (χ3n) is 6.17. The molecule has 0 unspecified atom stereocenters. The van der Waals surface area contributed by atoms with Gasteiger partial charge >= 0.3 is 0 Å². The van der Waals surface area contributed by atoms with Gasteiger partial charge in [-0.2, -0.15) is 0 Å². The van der Waals surface area contributed by atoms with Gasteiger partial charge in [-0.05, 0) is 42.8 Å². The van der Waals surface area contributed by atoms with Crippen LogP contribution in [0.2, 0.25) is 0 Å². The SMILES string of the molecule is COc1cc2ncnc(Nc3ccc(Oc4ccc5c(c4)ncn5C)c(C)c3)c2nc1N1CCNCOS1. The fraction of sp³-hybridized carbons (Fsp3) is 0.231. The zero-order valence-electron chi connectivity index (χ0n) is 21.1. The number of methoxy groups -OCH3 is 1. The van der Waals surface area contributed by atoms with Crippen LogP contribution in [0.3, 0.4) is 0 Å². The lowest BCUT2D eigenvalue weighted by atomic mass is 10.2. The largest absolute Gasteiger partial charge is 0.493 e. The van der Waals surface area contributed by atoms with Gasteiger partial charge in [0.1, 0.15) is 42.3 Å². The van der Waals surface area contributed by atoms with Crippen molar-refractivity contribution in [3.05, 3.63) is 60.7 Å².